The molecule has 0 unspecified atom stereocenters. The standard InChI is InChI=1S/C34H29F5N8O2S.C4H10S/c35-20-6-5-18(21-19(14-40)30(42)50-28(20)21)22-24(34(37,38)39)27-23-26(25(22)36)44-32(49-16-33-7-2-10-47(33)11-3-8-33)45-31(23)46(12-13-48-27)15-17-4-1-9-43-29(17)41;1-3-4-5-2/h1,4-6,9H,2-3,7-8,10-13,15-16,42H2,(H2,41,43);3-4H2,1-2H3. The van der Waals surface area contributed by atoms with Gasteiger partial charge in [-0.1, -0.05) is 19.1 Å². The number of nitriles is 1. The van der Waals surface area contributed by atoms with E-state index in [4.69, 9.17) is 20.9 Å². The molecule has 0 amide bonds. The number of nitrogen functional groups attached to an aromatic ring is 2. The number of benzene rings is 2. The number of fused-ring (bicyclic) bond motifs is 2. The van der Waals surface area contributed by atoms with Gasteiger partial charge in [0, 0.05) is 29.3 Å². The van der Waals surface area contributed by atoms with E-state index in [0.717, 1.165) is 50.9 Å². The zero-order valence-electron chi connectivity index (χ0n) is 30.2. The third-order valence-electron chi connectivity index (χ3n) is 10.4. The van der Waals surface area contributed by atoms with Gasteiger partial charge in [-0.15, -0.1) is 11.3 Å². The zero-order valence-corrected chi connectivity index (χ0v) is 31.9. The summed E-state index contributed by atoms with van der Waals surface area (Å²) < 4.78 is 90.2. The van der Waals surface area contributed by atoms with Crippen LogP contribution in [0.25, 0.3) is 32.1 Å². The summed E-state index contributed by atoms with van der Waals surface area (Å²) >= 11 is 2.59. The number of hydrogen-bond acceptors (Lipinski definition) is 12. The molecule has 2 saturated heterocycles. The molecule has 55 heavy (non-hydrogen) atoms. The molecule has 2 aromatic carbocycles. The minimum absolute atomic E-state index is 0.0364. The highest BCUT2D eigenvalue weighted by atomic mass is 32.2. The first-order valence-electron chi connectivity index (χ1n) is 17.9. The highest BCUT2D eigenvalue weighted by molar-refractivity contribution is 7.98. The van der Waals surface area contributed by atoms with Crippen molar-refractivity contribution in [3.05, 3.63) is 58.8 Å². The van der Waals surface area contributed by atoms with Crippen LogP contribution in [0.15, 0.2) is 30.5 Å². The van der Waals surface area contributed by atoms with E-state index in [0.29, 0.717) is 16.9 Å². The maximum atomic E-state index is 17.3. The minimum Gasteiger partial charge on any atom is -0.490 e. The number of halogens is 5. The van der Waals surface area contributed by atoms with Gasteiger partial charge in [0.2, 0.25) is 0 Å². The molecule has 10 nitrogen and oxygen atoms in total. The lowest BCUT2D eigenvalue weighted by Crippen LogP contribution is -2.43. The van der Waals surface area contributed by atoms with Crippen LogP contribution < -0.4 is 25.8 Å². The van der Waals surface area contributed by atoms with Crippen molar-refractivity contribution in [1.29, 1.82) is 5.26 Å². The molecule has 3 aliphatic rings. The summed E-state index contributed by atoms with van der Waals surface area (Å²) in [5.74, 6) is -1.39. The van der Waals surface area contributed by atoms with Crippen molar-refractivity contribution >= 4 is 60.7 Å². The lowest BCUT2D eigenvalue weighted by molar-refractivity contribution is -0.138. The SMILES string of the molecule is CCCSC.N#Cc1c(N)sc2c(F)ccc(-c3c(C(F)(F)F)c4c5c(nc(OCC67CCCN6CCC7)nc5c3F)N(Cc3cccnc3N)CCO4)c12. The summed E-state index contributed by atoms with van der Waals surface area (Å²) in [6, 6.07) is 6.96. The molecule has 4 N–H and O–H groups in total. The summed E-state index contributed by atoms with van der Waals surface area (Å²) in [6.45, 7) is 4.12. The molecule has 17 heteroatoms. The van der Waals surface area contributed by atoms with Gasteiger partial charge in [0.25, 0.3) is 0 Å². The van der Waals surface area contributed by atoms with Gasteiger partial charge < -0.3 is 25.8 Å². The maximum absolute atomic E-state index is 17.3. The molecule has 0 atom stereocenters. The lowest BCUT2D eigenvalue weighted by atomic mass is 9.91. The Morgan fingerprint density at radius 3 is 2.51 bits per heavy atom. The van der Waals surface area contributed by atoms with Crippen LogP contribution in [0.3, 0.4) is 0 Å². The van der Waals surface area contributed by atoms with Gasteiger partial charge in [-0.05, 0) is 74.9 Å². The Kier molecular flexibility index (Phi) is 10.9. The van der Waals surface area contributed by atoms with E-state index in [2.05, 4.69) is 33.0 Å². The van der Waals surface area contributed by atoms with Crippen LogP contribution in [-0.4, -0.2) is 70.2 Å². The number of thioether (sulfide) groups is 1. The molecule has 0 spiro atoms. The fourth-order valence-corrected chi connectivity index (χ4v) is 9.26. The molecular weight excluding hydrogens is 760 g/mol. The fraction of sp³-hybridized carbons (Fsp3) is 0.421. The first kappa shape index (κ1) is 38.6. The Morgan fingerprint density at radius 2 is 1.85 bits per heavy atom. The van der Waals surface area contributed by atoms with E-state index < -0.39 is 40.2 Å². The van der Waals surface area contributed by atoms with Gasteiger partial charge in [-0.2, -0.15) is 40.2 Å². The summed E-state index contributed by atoms with van der Waals surface area (Å²) in [5.41, 5.74) is 8.95. The monoisotopic (exact) mass is 798 g/mol. The van der Waals surface area contributed by atoms with Crippen LogP contribution in [0, 0.1) is 23.0 Å². The van der Waals surface area contributed by atoms with E-state index in [9.17, 15) is 5.26 Å². The van der Waals surface area contributed by atoms with Gasteiger partial charge in [-0.25, -0.2) is 13.8 Å². The van der Waals surface area contributed by atoms with Gasteiger partial charge in [-0.3, -0.25) is 4.90 Å². The second-order valence-corrected chi connectivity index (χ2v) is 15.8. The first-order chi connectivity index (χ1) is 26.4. The van der Waals surface area contributed by atoms with Crippen LogP contribution in [0.1, 0.15) is 55.7 Å². The zero-order chi connectivity index (χ0) is 39.1. The second kappa shape index (κ2) is 15.5. The number of nitrogens with zero attached hydrogens (tertiary/aromatic N) is 6. The molecule has 8 rings (SSSR count). The van der Waals surface area contributed by atoms with Crippen molar-refractivity contribution in [3.8, 4) is 29.0 Å². The van der Waals surface area contributed by atoms with Gasteiger partial charge in [0.15, 0.2) is 5.82 Å². The van der Waals surface area contributed by atoms with Crippen LogP contribution in [0.5, 0.6) is 11.8 Å². The van der Waals surface area contributed by atoms with E-state index >= 15 is 22.0 Å². The highest BCUT2D eigenvalue weighted by Crippen LogP contribution is 2.53. The molecule has 0 bridgehead atoms. The lowest BCUT2D eigenvalue weighted by Gasteiger charge is -2.31. The predicted octanol–water partition coefficient (Wildman–Crippen LogP) is 8.41. The van der Waals surface area contributed by atoms with E-state index in [1.54, 1.807) is 17.0 Å². The Labute approximate surface area is 322 Å². The number of hydrogen-bond donors (Lipinski definition) is 2. The summed E-state index contributed by atoms with van der Waals surface area (Å²) in [6.07, 6.45) is 3.56. The van der Waals surface area contributed by atoms with Crippen molar-refractivity contribution in [1.82, 2.24) is 19.9 Å². The molecule has 0 aliphatic carbocycles. The van der Waals surface area contributed by atoms with E-state index in [1.165, 1.54) is 18.4 Å². The van der Waals surface area contributed by atoms with Crippen LogP contribution in [0.4, 0.5) is 38.6 Å². The van der Waals surface area contributed by atoms with Crippen molar-refractivity contribution in [2.24, 2.45) is 0 Å². The molecule has 5 aromatic rings. The van der Waals surface area contributed by atoms with E-state index in [1.807, 2.05) is 17.8 Å². The Hall–Kier alpha value is -4.66. The van der Waals surface area contributed by atoms with E-state index in [-0.39, 0.29) is 81.1 Å². The number of pyridine rings is 1. The van der Waals surface area contributed by atoms with Crippen LogP contribution in [0.2, 0.25) is 0 Å². The van der Waals surface area contributed by atoms with Crippen molar-refractivity contribution in [2.75, 3.05) is 61.2 Å². The maximum Gasteiger partial charge on any atom is 0.420 e. The number of ether oxygens (including phenoxy) is 2. The summed E-state index contributed by atoms with van der Waals surface area (Å²) in [5, 5.41) is 9.24. The Morgan fingerprint density at radius 1 is 1.09 bits per heavy atom. The normalized spacial score (nSPS) is 16.4. The Bertz CT molecular complexity index is 2280. The molecule has 3 aliphatic heterocycles. The number of thiophene rings is 1. The summed E-state index contributed by atoms with van der Waals surface area (Å²) in [4.78, 5) is 17.2. The average Bonchev–Trinajstić information content (AvgIpc) is 3.81. The molecule has 3 aromatic heterocycles. The van der Waals surface area contributed by atoms with Crippen molar-refractivity contribution in [3.63, 3.8) is 0 Å². The quantitative estimate of drug-likeness (QED) is 0.146. The number of nitrogens with two attached hydrogens (primary N) is 2. The Balaban J connectivity index is 0.000000875. The molecule has 2 fully saturated rings. The smallest absolute Gasteiger partial charge is 0.420 e. The highest BCUT2D eigenvalue weighted by Gasteiger charge is 2.46. The molecular formula is C38H39F5N8O2S2. The van der Waals surface area contributed by atoms with Gasteiger partial charge in [0.05, 0.1) is 27.7 Å². The number of aromatic nitrogens is 3. The molecule has 6 heterocycles. The largest absolute Gasteiger partial charge is 0.490 e. The third kappa shape index (κ3) is 7.04. The molecule has 0 radical (unpaired) electrons. The fourth-order valence-electron chi connectivity index (χ4n) is 7.91. The average molecular weight is 799 g/mol. The number of rotatable bonds is 8. The predicted molar refractivity (Wildman–Crippen MR) is 207 cm³/mol. The summed E-state index contributed by atoms with van der Waals surface area (Å²) in [7, 11) is 0. The van der Waals surface area contributed by atoms with Gasteiger partial charge >= 0.3 is 12.2 Å². The van der Waals surface area contributed by atoms with Crippen molar-refractivity contribution < 1.29 is 31.4 Å². The van der Waals surface area contributed by atoms with Crippen LogP contribution >= 0.6 is 23.1 Å². The first-order valence-corrected chi connectivity index (χ1v) is 20.1. The van der Waals surface area contributed by atoms with Gasteiger partial charge in [0.1, 0.15) is 58.6 Å². The molecule has 0 saturated carbocycles. The molecule has 290 valence electrons. The van der Waals surface area contributed by atoms with Crippen molar-refractivity contribution in [2.45, 2.75) is 57.3 Å². The number of anilines is 3. The second-order valence-electron chi connectivity index (χ2n) is 13.7. The van der Waals surface area contributed by atoms with Crippen LogP contribution in [-0.2, 0) is 12.7 Å². The number of alkyl halides is 3. The minimum atomic E-state index is -5.18. The topological polar surface area (TPSA) is 139 Å². The third-order valence-corrected chi connectivity index (χ3v) is 12.2.